The highest BCUT2D eigenvalue weighted by Gasteiger charge is 2.59. The molecule has 4 atom stereocenters. The lowest BCUT2D eigenvalue weighted by molar-refractivity contribution is -0.221. The number of aromatic nitrogens is 1. The molecule has 1 aromatic heterocycles. The molecule has 32 heavy (non-hydrogen) atoms. The molecule has 3 N–H and O–H groups in total. The number of hydrogen-bond donors (Lipinski definition) is 3. The van der Waals surface area contributed by atoms with E-state index in [4.69, 9.17) is 4.18 Å². The molecule has 4 unspecified atom stereocenters. The number of aliphatic hydroxyl groups excluding tert-OH is 1. The Morgan fingerprint density at radius 2 is 1.91 bits per heavy atom. The molecule has 8 heteroatoms. The maximum absolute atomic E-state index is 11.9. The fourth-order valence-corrected chi connectivity index (χ4v) is 7.67. The lowest BCUT2D eigenvalue weighted by Gasteiger charge is -2.64. The summed E-state index contributed by atoms with van der Waals surface area (Å²) < 4.78 is 29.1. The van der Waals surface area contributed by atoms with Crippen LogP contribution in [0.4, 0.5) is 0 Å². The first kappa shape index (κ1) is 22.2. The van der Waals surface area contributed by atoms with Crippen LogP contribution in [0.15, 0.2) is 18.3 Å². The normalized spacial score (nSPS) is 34.2. The quantitative estimate of drug-likeness (QED) is 0.569. The lowest BCUT2D eigenvalue weighted by atomic mass is 9.54. The van der Waals surface area contributed by atoms with Crippen molar-refractivity contribution in [3.8, 4) is 5.75 Å². The number of rotatable bonds is 6. The Morgan fingerprint density at radius 3 is 2.50 bits per heavy atom. The van der Waals surface area contributed by atoms with Gasteiger partial charge in [-0.1, -0.05) is 19.9 Å². The summed E-state index contributed by atoms with van der Waals surface area (Å²) >= 11 is 0. The Labute approximate surface area is 189 Å². The van der Waals surface area contributed by atoms with E-state index in [0.29, 0.717) is 12.2 Å². The second-order valence-electron chi connectivity index (χ2n) is 11.1. The molecule has 7 nitrogen and oxygen atoms in total. The van der Waals surface area contributed by atoms with E-state index in [2.05, 4.69) is 23.7 Å². The zero-order valence-corrected chi connectivity index (χ0v) is 20.1. The van der Waals surface area contributed by atoms with Crippen LogP contribution in [0.2, 0.25) is 0 Å². The summed E-state index contributed by atoms with van der Waals surface area (Å²) in [5.74, 6) is 0.339. The van der Waals surface area contributed by atoms with Gasteiger partial charge in [0.05, 0.1) is 11.9 Å². The number of aromatic amines is 1. The molecule has 0 amide bonds. The van der Waals surface area contributed by atoms with E-state index in [9.17, 15) is 18.6 Å². The predicted molar refractivity (Wildman–Crippen MR) is 123 cm³/mol. The van der Waals surface area contributed by atoms with E-state index in [1.54, 1.807) is 0 Å². The first-order valence-corrected chi connectivity index (χ1v) is 13.4. The maximum atomic E-state index is 11.9. The van der Waals surface area contributed by atoms with Crippen LogP contribution in [-0.2, 0) is 10.1 Å². The van der Waals surface area contributed by atoms with Crippen molar-refractivity contribution >= 4 is 21.0 Å². The van der Waals surface area contributed by atoms with Crippen molar-refractivity contribution in [2.24, 2.45) is 5.41 Å². The van der Waals surface area contributed by atoms with Crippen LogP contribution in [0.1, 0.15) is 69.4 Å². The minimum atomic E-state index is -3.67. The van der Waals surface area contributed by atoms with Crippen LogP contribution < -0.4 is 4.18 Å². The highest BCUT2D eigenvalue weighted by molar-refractivity contribution is 7.86. The third kappa shape index (κ3) is 3.75. The van der Waals surface area contributed by atoms with E-state index in [-0.39, 0.29) is 23.4 Å². The summed E-state index contributed by atoms with van der Waals surface area (Å²) in [5, 5.41) is 23.1. The number of aryl methyl sites for hydroxylation is 1. The molecular formula is C24H34N2O5S. The van der Waals surface area contributed by atoms with Gasteiger partial charge in [0, 0.05) is 29.2 Å². The Bertz CT molecular complexity index is 1120. The van der Waals surface area contributed by atoms with Crippen molar-refractivity contribution in [3.05, 3.63) is 29.5 Å². The van der Waals surface area contributed by atoms with Gasteiger partial charge in [-0.3, -0.25) is 4.90 Å². The van der Waals surface area contributed by atoms with Crippen LogP contribution in [0.5, 0.6) is 5.75 Å². The number of benzene rings is 1. The van der Waals surface area contributed by atoms with E-state index < -0.39 is 21.9 Å². The Balaban J connectivity index is 1.41. The van der Waals surface area contributed by atoms with Gasteiger partial charge in [-0.15, -0.1) is 0 Å². The number of aliphatic hydroxyl groups is 2. The molecule has 1 aromatic carbocycles. The number of H-pyrrole nitrogens is 1. The highest BCUT2D eigenvalue weighted by Crippen LogP contribution is 2.58. The second-order valence-corrected chi connectivity index (χ2v) is 12.6. The highest BCUT2D eigenvalue weighted by atomic mass is 32.2. The monoisotopic (exact) mass is 462 g/mol. The van der Waals surface area contributed by atoms with Gasteiger partial charge in [-0.05, 0) is 74.0 Å². The summed E-state index contributed by atoms with van der Waals surface area (Å²) in [7, 11) is -3.67. The first-order chi connectivity index (χ1) is 14.9. The Kier molecular flexibility index (Phi) is 4.99. The SMILES string of the molecule is Cc1ccc2[nH]cc(C(C)CC(O)N3C4CC5(C)CC3CC(O)(C4)C5)c2c1OS(C)(=O)=O. The van der Waals surface area contributed by atoms with Gasteiger partial charge >= 0.3 is 10.1 Å². The third-order valence-electron chi connectivity index (χ3n) is 7.99. The molecule has 2 saturated heterocycles. The predicted octanol–water partition coefficient (Wildman–Crippen LogP) is 3.39. The largest absolute Gasteiger partial charge is 0.390 e. The molecule has 2 aliphatic carbocycles. The standard InChI is InChI=1S/C24H34N2O5S/c1-14-5-6-19-21(22(14)31-32(4,29)30)18(12-25-19)15(2)7-20(27)26-16-8-23(3)9-17(26)11-24(28,10-16)13-23/h5-6,12,15-17,20,25,27-28H,7-11,13H2,1-4H3. The van der Waals surface area contributed by atoms with E-state index in [1.165, 1.54) is 0 Å². The topological polar surface area (TPSA) is 103 Å². The van der Waals surface area contributed by atoms with Crippen LogP contribution in [0, 0.1) is 12.3 Å². The minimum Gasteiger partial charge on any atom is -0.390 e. The van der Waals surface area contributed by atoms with Crippen molar-refractivity contribution in [2.75, 3.05) is 6.26 Å². The van der Waals surface area contributed by atoms with Crippen molar-refractivity contribution in [2.45, 2.75) is 89.1 Å². The number of nitrogens with one attached hydrogen (secondary N) is 1. The summed E-state index contributed by atoms with van der Waals surface area (Å²) in [6.07, 6.45) is 7.28. The molecular weight excluding hydrogens is 428 g/mol. The molecule has 4 aliphatic rings. The molecule has 2 aliphatic heterocycles. The Morgan fingerprint density at radius 1 is 1.25 bits per heavy atom. The zero-order chi connectivity index (χ0) is 23.1. The number of hydrogen-bond acceptors (Lipinski definition) is 6. The molecule has 6 rings (SSSR count). The van der Waals surface area contributed by atoms with Crippen molar-refractivity contribution < 1.29 is 22.8 Å². The number of piperidine rings is 2. The third-order valence-corrected chi connectivity index (χ3v) is 8.46. The van der Waals surface area contributed by atoms with Crippen LogP contribution in [-0.4, -0.2) is 58.7 Å². The maximum Gasteiger partial charge on any atom is 0.306 e. The zero-order valence-electron chi connectivity index (χ0n) is 19.3. The van der Waals surface area contributed by atoms with Gasteiger partial charge in [0.1, 0.15) is 6.23 Å². The fraction of sp³-hybridized carbons (Fsp3) is 0.667. The first-order valence-electron chi connectivity index (χ1n) is 11.5. The van der Waals surface area contributed by atoms with E-state index >= 15 is 0 Å². The molecule has 176 valence electrons. The van der Waals surface area contributed by atoms with Gasteiger partial charge < -0.3 is 19.4 Å². The number of fused-ring (bicyclic) bond motifs is 1. The molecule has 0 radical (unpaired) electrons. The van der Waals surface area contributed by atoms with Crippen molar-refractivity contribution in [1.82, 2.24) is 9.88 Å². The average molecular weight is 463 g/mol. The summed E-state index contributed by atoms with van der Waals surface area (Å²) in [6, 6.07) is 4.19. The van der Waals surface area contributed by atoms with Crippen molar-refractivity contribution in [3.63, 3.8) is 0 Å². The average Bonchev–Trinajstić information content (AvgIpc) is 3.05. The van der Waals surface area contributed by atoms with Crippen molar-refractivity contribution in [1.29, 1.82) is 0 Å². The van der Waals surface area contributed by atoms with E-state index in [0.717, 1.165) is 60.4 Å². The van der Waals surface area contributed by atoms with Gasteiger partial charge in [0.2, 0.25) is 0 Å². The molecule has 4 fully saturated rings. The van der Waals surface area contributed by atoms with Gasteiger partial charge in [-0.25, -0.2) is 0 Å². The van der Waals surface area contributed by atoms with E-state index in [1.807, 2.05) is 25.3 Å². The molecule has 2 saturated carbocycles. The second kappa shape index (κ2) is 7.19. The fourth-order valence-electron chi connectivity index (χ4n) is 7.15. The molecule has 4 bridgehead atoms. The molecule has 3 heterocycles. The minimum absolute atomic E-state index is 0.0154. The molecule has 2 aromatic rings. The van der Waals surface area contributed by atoms with Crippen LogP contribution in [0.25, 0.3) is 10.9 Å². The van der Waals surface area contributed by atoms with Crippen LogP contribution in [0.3, 0.4) is 0 Å². The van der Waals surface area contributed by atoms with Crippen LogP contribution >= 0.6 is 0 Å². The summed E-state index contributed by atoms with van der Waals surface area (Å²) in [6.45, 7) is 6.17. The summed E-state index contributed by atoms with van der Waals surface area (Å²) in [4.78, 5) is 5.48. The smallest absolute Gasteiger partial charge is 0.306 e. The lowest BCUT2D eigenvalue weighted by Crippen LogP contribution is -2.69. The van der Waals surface area contributed by atoms with Gasteiger partial charge in [0.15, 0.2) is 5.75 Å². The summed E-state index contributed by atoms with van der Waals surface area (Å²) in [5.41, 5.74) is 2.11. The Hall–Kier alpha value is -1.61. The van der Waals surface area contributed by atoms with Gasteiger partial charge in [0.25, 0.3) is 0 Å². The molecule has 0 spiro atoms. The number of nitrogens with zero attached hydrogens (tertiary/aromatic N) is 1. The van der Waals surface area contributed by atoms with Gasteiger partial charge in [-0.2, -0.15) is 8.42 Å².